The molecule has 3 N–H and O–H groups in total. The second-order valence-electron chi connectivity index (χ2n) is 8.67. The average Bonchev–Trinajstić information content (AvgIpc) is 3.47. The quantitative estimate of drug-likeness (QED) is 0.315. The third-order valence-electron chi connectivity index (χ3n) is 6.23. The smallest absolute Gasteiger partial charge is 0.374 e. The van der Waals surface area contributed by atoms with Crippen LogP contribution in [0.1, 0.15) is 39.0 Å². The Morgan fingerprint density at radius 1 is 1.24 bits per heavy atom. The Hall–Kier alpha value is -4.19. The average molecular weight is 567 g/mol. The van der Waals surface area contributed by atoms with Crippen molar-refractivity contribution < 1.29 is 24.2 Å². The monoisotopic (exact) mass is 566 g/mol. The summed E-state index contributed by atoms with van der Waals surface area (Å²) in [6.45, 7) is 2.05. The number of carbonyl (C=O) groups is 3. The molecule has 12 heteroatoms. The molecule has 0 saturated heterocycles. The SMILES string of the molecule is CCOC(=O)c1nc(NC(=O)C2Cc3cc(O)ccc3CN2C(=O)c2cc3cn[nH]c3cc2Br)cn1C. The zero-order valence-electron chi connectivity index (χ0n) is 20.0. The van der Waals surface area contributed by atoms with Crippen molar-refractivity contribution >= 4 is 50.4 Å². The first-order valence-electron chi connectivity index (χ1n) is 11.5. The number of phenols is 1. The maximum atomic E-state index is 13.8. The van der Waals surface area contributed by atoms with Crippen molar-refractivity contribution in [2.75, 3.05) is 11.9 Å². The maximum absolute atomic E-state index is 13.8. The predicted molar refractivity (Wildman–Crippen MR) is 137 cm³/mol. The van der Waals surface area contributed by atoms with Gasteiger partial charge in [0.15, 0.2) is 5.82 Å². The van der Waals surface area contributed by atoms with E-state index in [1.165, 1.54) is 15.7 Å². The van der Waals surface area contributed by atoms with Gasteiger partial charge < -0.3 is 24.6 Å². The molecule has 2 aromatic carbocycles. The number of fused-ring (bicyclic) bond motifs is 2. The molecule has 5 rings (SSSR count). The number of nitrogens with one attached hydrogen (secondary N) is 2. The molecule has 0 radical (unpaired) electrons. The molecule has 1 atom stereocenters. The molecule has 11 nitrogen and oxygen atoms in total. The topological polar surface area (TPSA) is 142 Å². The van der Waals surface area contributed by atoms with E-state index in [0.29, 0.717) is 10.0 Å². The number of imidazole rings is 1. The first kappa shape index (κ1) is 24.5. The van der Waals surface area contributed by atoms with Gasteiger partial charge in [-0.1, -0.05) is 6.07 Å². The molecule has 0 spiro atoms. The third-order valence-corrected chi connectivity index (χ3v) is 6.88. The van der Waals surface area contributed by atoms with Crippen LogP contribution in [0.3, 0.4) is 0 Å². The fraction of sp³-hybridized carbons (Fsp3) is 0.240. The van der Waals surface area contributed by atoms with E-state index in [-0.39, 0.29) is 42.9 Å². The molecule has 0 bridgehead atoms. The number of benzene rings is 2. The van der Waals surface area contributed by atoms with E-state index in [1.807, 2.05) is 0 Å². The summed E-state index contributed by atoms with van der Waals surface area (Å²) in [5, 5.41) is 20.4. The Bertz CT molecular complexity index is 1540. The number of amides is 2. The molecule has 1 aliphatic rings. The third kappa shape index (κ3) is 4.67. The molecule has 1 unspecified atom stereocenters. The number of nitrogens with zero attached hydrogens (tertiary/aromatic N) is 4. The molecule has 2 amide bonds. The Kier molecular flexibility index (Phi) is 6.42. The van der Waals surface area contributed by atoms with E-state index < -0.39 is 17.9 Å². The van der Waals surface area contributed by atoms with Crippen molar-refractivity contribution in [1.82, 2.24) is 24.6 Å². The van der Waals surface area contributed by atoms with E-state index >= 15 is 0 Å². The highest BCUT2D eigenvalue weighted by molar-refractivity contribution is 9.10. The molecule has 4 aromatic rings. The number of esters is 1. The van der Waals surface area contributed by atoms with Gasteiger partial charge in [0, 0.05) is 36.1 Å². The zero-order valence-corrected chi connectivity index (χ0v) is 21.6. The summed E-state index contributed by atoms with van der Waals surface area (Å²) in [5.41, 5.74) is 2.75. The number of aromatic nitrogens is 4. The van der Waals surface area contributed by atoms with Crippen molar-refractivity contribution in [2.45, 2.75) is 25.9 Å². The largest absolute Gasteiger partial charge is 0.508 e. The van der Waals surface area contributed by atoms with E-state index in [1.54, 1.807) is 50.5 Å². The molecular formula is C25H23BrN6O5. The van der Waals surface area contributed by atoms with Gasteiger partial charge in [0.1, 0.15) is 11.8 Å². The lowest BCUT2D eigenvalue weighted by Gasteiger charge is -2.36. The molecule has 37 heavy (non-hydrogen) atoms. The Labute approximate surface area is 219 Å². The number of H-pyrrole nitrogens is 1. The number of phenolic OH excluding ortho intramolecular Hbond substituents is 1. The van der Waals surface area contributed by atoms with Crippen molar-refractivity contribution in [3.63, 3.8) is 0 Å². The Morgan fingerprint density at radius 2 is 2.05 bits per heavy atom. The van der Waals surface area contributed by atoms with Gasteiger partial charge >= 0.3 is 5.97 Å². The van der Waals surface area contributed by atoms with Crippen LogP contribution in [-0.4, -0.2) is 60.2 Å². The molecule has 0 saturated carbocycles. The van der Waals surface area contributed by atoms with Crippen LogP contribution in [0.5, 0.6) is 5.75 Å². The Morgan fingerprint density at radius 3 is 2.84 bits per heavy atom. The van der Waals surface area contributed by atoms with Gasteiger partial charge in [-0.15, -0.1) is 0 Å². The summed E-state index contributed by atoms with van der Waals surface area (Å²) >= 11 is 3.47. The number of hydrogen-bond donors (Lipinski definition) is 3. The Balaban J connectivity index is 1.48. The second-order valence-corrected chi connectivity index (χ2v) is 9.52. The van der Waals surface area contributed by atoms with Gasteiger partial charge in [-0.25, -0.2) is 9.78 Å². The molecule has 0 fully saturated rings. The number of aryl methyl sites for hydroxylation is 1. The number of carbonyl (C=O) groups excluding carboxylic acids is 3. The van der Waals surface area contributed by atoms with E-state index in [9.17, 15) is 19.5 Å². The summed E-state index contributed by atoms with van der Waals surface area (Å²) in [5.74, 6) is -1.15. The summed E-state index contributed by atoms with van der Waals surface area (Å²) in [7, 11) is 1.62. The molecular weight excluding hydrogens is 544 g/mol. The van der Waals surface area contributed by atoms with Crippen LogP contribution in [0.25, 0.3) is 10.9 Å². The normalized spacial score (nSPS) is 14.9. The fourth-order valence-corrected chi connectivity index (χ4v) is 4.93. The molecule has 1 aliphatic heterocycles. The van der Waals surface area contributed by atoms with Crippen molar-refractivity contribution in [3.05, 3.63) is 69.7 Å². The number of rotatable bonds is 5. The minimum atomic E-state index is -0.901. The maximum Gasteiger partial charge on any atom is 0.374 e. The van der Waals surface area contributed by atoms with Crippen molar-refractivity contribution in [2.24, 2.45) is 7.05 Å². The van der Waals surface area contributed by atoms with Gasteiger partial charge in [0.25, 0.3) is 5.91 Å². The van der Waals surface area contributed by atoms with Gasteiger partial charge in [-0.05, 0) is 58.2 Å². The lowest BCUT2D eigenvalue weighted by atomic mass is 9.92. The van der Waals surface area contributed by atoms with Crippen LogP contribution in [0.15, 0.2) is 47.2 Å². The summed E-state index contributed by atoms with van der Waals surface area (Å²) in [4.78, 5) is 45.1. The predicted octanol–water partition coefficient (Wildman–Crippen LogP) is 3.15. The lowest BCUT2D eigenvalue weighted by Crippen LogP contribution is -2.50. The molecule has 3 heterocycles. The molecule has 2 aromatic heterocycles. The van der Waals surface area contributed by atoms with E-state index in [0.717, 1.165) is 22.0 Å². The van der Waals surface area contributed by atoms with Crippen LogP contribution >= 0.6 is 15.9 Å². The van der Waals surface area contributed by atoms with Crippen molar-refractivity contribution in [1.29, 1.82) is 0 Å². The number of hydrogen-bond acceptors (Lipinski definition) is 7. The lowest BCUT2D eigenvalue weighted by molar-refractivity contribution is -0.121. The van der Waals surface area contributed by atoms with E-state index in [2.05, 4.69) is 36.4 Å². The summed E-state index contributed by atoms with van der Waals surface area (Å²) in [6.07, 6.45) is 3.31. The first-order chi connectivity index (χ1) is 17.7. The van der Waals surface area contributed by atoms with Crippen LogP contribution in [-0.2, 0) is 29.5 Å². The zero-order chi connectivity index (χ0) is 26.3. The fourth-order valence-electron chi connectivity index (χ4n) is 4.42. The van der Waals surface area contributed by atoms with Gasteiger partial charge in [0.2, 0.25) is 11.7 Å². The number of aromatic hydroxyl groups is 1. The molecule has 190 valence electrons. The standard InChI is InChI=1S/C25H23BrN6O5/c1-3-37-25(36)22-28-21(12-31(22)2)29-23(34)20-8-14-6-16(33)5-4-13(14)11-32(20)24(35)17-7-15-10-27-30-19(15)9-18(17)26/h4-7,9-10,12,20,33H,3,8,11H2,1-2H3,(H,27,30)(H,29,34). The van der Waals surface area contributed by atoms with Crippen LogP contribution in [0.4, 0.5) is 5.82 Å². The number of aromatic amines is 1. The van der Waals surface area contributed by atoms with Crippen LogP contribution < -0.4 is 5.32 Å². The van der Waals surface area contributed by atoms with Gasteiger partial charge in [0.05, 0.1) is 23.9 Å². The number of anilines is 1. The highest BCUT2D eigenvalue weighted by Crippen LogP contribution is 2.31. The first-order valence-corrected chi connectivity index (χ1v) is 12.3. The van der Waals surface area contributed by atoms with Crippen LogP contribution in [0, 0.1) is 0 Å². The minimum absolute atomic E-state index is 0.0429. The molecule has 0 aliphatic carbocycles. The summed E-state index contributed by atoms with van der Waals surface area (Å²) in [6, 6.07) is 7.49. The van der Waals surface area contributed by atoms with E-state index in [4.69, 9.17) is 4.74 Å². The number of halogens is 1. The highest BCUT2D eigenvalue weighted by Gasteiger charge is 2.36. The van der Waals surface area contributed by atoms with Crippen LogP contribution in [0.2, 0.25) is 0 Å². The second kappa shape index (κ2) is 9.69. The van der Waals surface area contributed by atoms with Gasteiger partial charge in [-0.3, -0.25) is 14.7 Å². The minimum Gasteiger partial charge on any atom is -0.508 e. The summed E-state index contributed by atoms with van der Waals surface area (Å²) < 4.78 is 7.03. The van der Waals surface area contributed by atoms with Gasteiger partial charge in [-0.2, -0.15) is 5.10 Å². The van der Waals surface area contributed by atoms with Crippen molar-refractivity contribution in [3.8, 4) is 5.75 Å². The number of ether oxygens (including phenoxy) is 1. The highest BCUT2D eigenvalue weighted by atomic mass is 79.9.